The number of hydrogen-bond donors (Lipinski definition) is 1. The topological polar surface area (TPSA) is 68.6 Å². The molecule has 1 aliphatic heterocycles. The van der Waals surface area contributed by atoms with Crippen LogP contribution in [0.4, 0.5) is 0 Å². The smallest absolute Gasteiger partial charge is 0.234 e. The predicted octanol–water partition coefficient (Wildman–Crippen LogP) is 1.08. The molecule has 24 heavy (non-hydrogen) atoms. The lowest BCUT2D eigenvalue weighted by Gasteiger charge is -2.34. The number of amides is 1. The molecule has 0 spiro atoms. The van der Waals surface area contributed by atoms with Gasteiger partial charge in [-0.3, -0.25) is 14.6 Å². The number of piperazine rings is 1. The van der Waals surface area contributed by atoms with Crippen LogP contribution in [0, 0.1) is 11.3 Å². The lowest BCUT2D eigenvalue weighted by atomic mass is 10.2. The number of ether oxygens (including phenoxy) is 1. The minimum atomic E-state index is 0.0996. The van der Waals surface area contributed by atoms with Gasteiger partial charge in [-0.1, -0.05) is 0 Å². The molecule has 2 rings (SSSR count). The summed E-state index contributed by atoms with van der Waals surface area (Å²) >= 11 is 0. The molecule has 1 aromatic carbocycles. The molecule has 1 N–H and O–H groups in total. The Balaban J connectivity index is 1.62. The standard InChI is InChI=1S/C18H26N4O2/c1-15(2)20-18(23)14-22-9-7-21(8-10-22)11-12-24-17-5-3-16(13-19)4-6-17/h3-6,15H,7-12,14H2,1-2H3,(H,20,23). The fourth-order valence-electron chi connectivity index (χ4n) is 2.66. The molecule has 0 saturated carbocycles. The van der Waals surface area contributed by atoms with Gasteiger partial charge in [-0.2, -0.15) is 5.26 Å². The Morgan fingerprint density at radius 3 is 2.42 bits per heavy atom. The van der Waals surface area contributed by atoms with E-state index in [0.29, 0.717) is 18.7 Å². The normalized spacial score (nSPS) is 15.9. The second-order valence-corrected chi connectivity index (χ2v) is 6.32. The molecule has 1 aromatic rings. The molecule has 1 aliphatic rings. The first kappa shape index (κ1) is 18.2. The number of carbonyl (C=O) groups is 1. The number of nitriles is 1. The summed E-state index contributed by atoms with van der Waals surface area (Å²) in [4.78, 5) is 16.3. The molecule has 0 radical (unpaired) electrons. The molecule has 1 fully saturated rings. The zero-order valence-corrected chi connectivity index (χ0v) is 14.5. The van der Waals surface area contributed by atoms with E-state index < -0.39 is 0 Å². The van der Waals surface area contributed by atoms with Gasteiger partial charge in [-0.25, -0.2) is 0 Å². The van der Waals surface area contributed by atoms with E-state index in [1.807, 2.05) is 26.0 Å². The molecular weight excluding hydrogens is 304 g/mol. The Hall–Kier alpha value is -2.10. The van der Waals surface area contributed by atoms with Crippen LogP contribution in [0.2, 0.25) is 0 Å². The van der Waals surface area contributed by atoms with E-state index in [0.717, 1.165) is 38.5 Å². The maximum absolute atomic E-state index is 11.8. The third-order valence-corrected chi connectivity index (χ3v) is 3.94. The fourth-order valence-corrected chi connectivity index (χ4v) is 2.66. The molecule has 130 valence electrons. The largest absolute Gasteiger partial charge is 0.492 e. The van der Waals surface area contributed by atoms with Gasteiger partial charge < -0.3 is 10.1 Å². The highest BCUT2D eigenvalue weighted by Gasteiger charge is 2.18. The Bertz CT molecular complexity index is 557. The van der Waals surface area contributed by atoms with Gasteiger partial charge >= 0.3 is 0 Å². The van der Waals surface area contributed by atoms with Crippen LogP contribution in [0.15, 0.2) is 24.3 Å². The summed E-state index contributed by atoms with van der Waals surface area (Å²) in [6.45, 7) is 9.63. The molecule has 0 aromatic heterocycles. The minimum Gasteiger partial charge on any atom is -0.492 e. The van der Waals surface area contributed by atoms with E-state index in [2.05, 4.69) is 21.2 Å². The average molecular weight is 330 g/mol. The van der Waals surface area contributed by atoms with Gasteiger partial charge in [0.2, 0.25) is 5.91 Å². The van der Waals surface area contributed by atoms with Crippen molar-refractivity contribution in [2.75, 3.05) is 45.9 Å². The second-order valence-electron chi connectivity index (χ2n) is 6.32. The molecule has 0 bridgehead atoms. The Kier molecular flexibility index (Phi) is 7.04. The molecule has 0 atom stereocenters. The molecule has 1 heterocycles. The molecule has 1 saturated heterocycles. The first-order chi connectivity index (χ1) is 11.6. The van der Waals surface area contributed by atoms with Crippen molar-refractivity contribution in [3.05, 3.63) is 29.8 Å². The van der Waals surface area contributed by atoms with Crippen LogP contribution in [0.5, 0.6) is 5.75 Å². The lowest BCUT2D eigenvalue weighted by Crippen LogP contribution is -2.50. The zero-order valence-electron chi connectivity index (χ0n) is 14.5. The van der Waals surface area contributed by atoms with E-state index in [1.54, 1.807) is 12.1 Å². The summed E-state index contributed by atoms with van der Waals surface area (Å²) in [5.41, 5.74) is 0.639. The van der Waals surface area contributed by atoms with Crippen molar-refractivity contribution in [2.24, 2.45) is 0 Å². The van der Waals surface area contributed by atoms with Gasteiger partial charge in [0.25, 0.3) is 0 Å². The third kappa shape index (κ3) is 6.19. The predicted molar refractivity (Wildman–Crippen MR) is 92.8 cm³/mol. The average Bonchev–Trinajstić information content (AvgIpc) is 2.56. The van der Waals surface area contributed by atoms with Crippen LogP contribution < -0.4 is 10.1 Å². The summed E-state index contributed by atoms with van der Waals surface area (Å²) in [6.07, 6.45) is 0. The van der Waals surface area contributed by atoms with Crippen LogP contribution in [0.25, 0.3) is 0 Å². The van der Waals surface area contributed by atoms with Gasteiger partial charge in [0, 0.05) is 38.8 Å². The number of carbonyl (C=O) groups excluding carboxylic acids is 1. The molecule has 6 heteroatoms. The monoisotopic (exact) mass is 330 g/mol. The Labute approximate surface area is 144 Å². The molecular formula is C18H26N4O2. The number of rotatable bonds is 7. The van der Waals surface area contributed by atoms with Gasteiger partial charge in [0.1, 0.15) is 12.4 Å². The van der Waals surface area contributed by atoms with Crippen LogP contribution in [-0.4, -0.2) is 67.6 Å². The third-order valence-electron chi connectivity index (χ3n) is 3.94. The molecule has 0 unspecified atom stereocenters. The summed E-state index contributed by atoms with van der Waals surface area (Å²) in [7, 11) is 0. The van der Waals surface area contributed by atoms with Crippen LogP contribution in [0.3, 0.4) is 0 Å². The first-order valence-corrected chi connectivity index (χ1v) is 8.44. The quantitative estimate of drug-likeness (QED) is 0.810. The molecule has 6 nitrogen and oxygen atoms in total. The van der Waals surface area contributed by atoms with Crippen molar-refractivity contribution < 1.29 is 9.53 Å². The van der Waals surface area contributed by atoms with Gasteiger partial charge in [-0.05, 0) is 38.1 Å². The van der Waals surface area contributed by atoms with Crippen LogP contribution in [0.1, 0.15) is 19.4 Å². The Morgan fingerprint density at radius 1 is 1.21 bits per heavy atom. The number of nitrogens with zero attached hydrogens (tertiary/aromatic N) is 3. The van der Waals surface area contributed by atoms with Crippen molar-refractivity contribution in [3.8, 4) is 11.8 Å². The summed E-state index contributed by atoms with van der Waals surface area (Å²) in [6, 6.07) is 9.45. The highest BCUT2D eigenvalue weighted by Crippen LogP contribution is 2.11. The lowest BCUT2D eigenvalue weighted by molar-refractivity contribution is -0.123. The van der Waals surface area contributed by atoms with E-state index in [-0.39, 0.29) is 11.9 Å². The highest BCUT2D eigenvalue weighted by atomic mass is 16.5. The van der Waals surface area contributed by atoms with E-state index in [4.69, 9.17) is 10.00 Å². The highest BCUT2D eigenvalue weighted by molar-refractivity contribution is 5.78. The van der Waals surface area contributed by atoms with E-state index in [1.165, 1.54) is 0 Å². The van der Waals surface area contributed by atoms with Gasteiger partial charge in [0.05, 0.1) is 18.2 Å². The van der Waals surface area contributed by atoms with Gasteiger partial charge in [0.15, 0.2) is 0 Å². The summed E-state index contributed by atoms with van der Waals surface area (Å²) in [5, 5.41) is 11.7. The summed E-state index contributed by atoms with van der Waals surface area (Å²) < 4.78 is 5.71. The summed E-state index contributed by atoms with van der Waals surface area (Å²) in [5.74, 6) is 0.889. The maximum atomic E-state index is 11.8. The SMILES string of the molecule is CC(C)NC(=O)CN1CCN(CCOc2ccc(C#N)cc2)CC1. The minimum absolute atomic E-state index is 0.0996. The number of hydrogen-bond acceptors (Lipinski definition) is 5. The van der Waals surface area contributed by atoms with Crippen molar-refractivity contribution in [1.29, 1.82) is 5.26 Å². The van der Waals surface area contributed by atoms with Crippen molar-refractivity contribution in [2.45, 2.75) is 19.9 Å². The number of nitrogens with one attached hydrogen (secondary N) is 1. The first-order valence-electron chi connectivity index (χ1n) is 8.44. The van der Waals surface area contributed by atoms with Crippen molar-refractivity contribution in [1.82, 2.24) is 15.1 Å². The maximum Gasteiger partial charge on any atom is 0.234 e. The molecule has 0 aliphatic carbocycles. The Morgan fingerprint density at radius 2 is 1.83 bits per heavy atom. The number of benzene rings is 1. The zero-order chi connectivity index (χ0) is 17.4. The van der Waals surface area contributed by atoms with Crippen LogP contribution in [-0.2, 0) is 4.79 Å². The van der Waals surface area contributed by atoms with Crippen molar-refractivity contribution >= 4 is 5.91 Å². The van der Waals surface area contributed by atoms with E-state index in [9.17, 15) is 4.79 Å². The second kappa shape index (κ2) is 9.26. The fraction of sp³-hybridized carbons (Fsp3) is 0.556. The van der Waals surface area contributed by atoms with Gasteiger partial charge in [-0.15, -0.1) is 0 Å². The van der Waals surface area contributed by atoms with Crippen molar-refractivity contribution in [3.63, 3.8) is 0 Å². The van der Waals surface area contributed by atoms with Crippen LogP contribution >= 0.6 is 0 Å². The van der Waals surface area contributed by atoms with E-state index >= 15 is 0 Å². The molecule has 1 amide bonds.